The fraction of sp³-hybridized carbons (Fsp3) is 0.105. The van der Waals surface area contributed by atoms with Crippen molar-refractivity contribution in [3.63, 3.8) is 0 Å². The van der Waals surface area contributed by atoms with E-state index in [1.165, 1.54) is 29.3 Å². The van der Waals surface area contributed by atoms with Gasteiger partial charge in [-0.25, -0.2) is 9.78 Å². The second-order valence-electron chi connectivity index (χ2n) is 5.92. The van der Waals surface area contributed by atoms with Crippen LogP contribution in [0.2, 0.25) is 0 Å². The lowest BCUT2D eigenvalue weighted by Gasteiger charge is -2.09. The van der Waals surface area contributed by atoms with E-state index in [9.17, 15) is 9.59 Å². The minimum absolute atomic E-state index is 0.269. The SMILES string of the molecule is COC(=O)c1c(-c2ccccc2)csc1NC(=O)c1cc(C)nc2ncnn12. The van der Waals surface area contributed by atoms with Gasteiger partial charge in [0, 0.05) is 16.6 Å². The number of rotatable bonds is 4. The number of hydrogen-bond donors (Lipinski definition) is 1. The van der Waals surface area contributed by atoms with Crippen molar-refractivity contribution in [3.05, 3.63) is 65.1 Å². The second-order valence-corrected chi connectivity index (χ2v) is 6.80. The maximum Gasteiger partial charge on any atom is 0.341 e. The van der Waals surface area contributed by atoms with E-state index in [-0.39, 0.29) is 5.69 Å². The van der Waals surface area contributed by atoms with Crippen LogP contribution < -0.4 is 5.32 Å². The molecule has 140 valence electrons. The normalized spacial score (nSPS) is 10.8. The summed E-state index contributed by atoms with van der Waals surface area (Å²) in [7, 11) is 1.31. The lowest BCUT2D eigenvalue weighted by atomic mass is 10.0. The van der Waals surface area contributed by atoms with Crippen LogP contribution in [0.4, 0.5) is 5.00 Å². The van der Waals surface area contributed by atoms with Gasteiger partial charge >= 0.3 is 5.97 Å². The van der Waals surface area contributed by atoms with E-state index >= 15 is 0 Å². The van der Waals surface area contributed by atoms with Gasteiger partial charge in [-0.3, -0.25) is 4.79 Å². The minimum atomic E-state index is -0.521. The zero-order valence-corrected chi connectivity index (χ0v) is 15.9. The molecule has 0 unspecified atom stereocenters. The summed E-state index contributed by atoms with van der Waals surface area (Å²) in [5.41, 5.74) is 2.77. The molecule has 1 N–H and O–H groups in total. The Morgan fingerprint density at radius 1 is 1.21 bits per heavy atom. The number of carbonyl (C=O) groups is 2. The van der Waals surface area contributed by atoms with Crippen LogP contribution >= 0.6 is 11.3 Å². The van der Waals surface area contributed by atoms with Crippen LogP contribution in [0.25, 0.3) is 16.9 Å². The molecule has 0 spiro atoms. The molecule has 0 saturated heterocycles. The molecule has 8 nitrogen and oxygen atoms in total. The van der Waals surface area contributed by atoms with Gasteiger partial charge in [-0.2, -0.15) is 14.6 Å². The fourth-order valence-electron chi connectivity index (χ4n) is 2.84. The van der Waals surface area contributed by atoms with Crippen LogP contribution in [0.1, 0.15) is 26.5 Å². The molecule has 1 amide bonds. The van der Waals surface area contributed by atoms with Crippen LogP contribution in [-0.2, 0) is 4.74 Å². The van der Waals surface area contributed by atoms with Gasteiger partial charge in [-0.05, 0) is 18.6 Å². The van der Waals surface area contributed by atoms with E-state index in [1.807, 2.05) is 35.7 Å². The Morgan fingerprint density at radius 2 is 2.00 bits per heavy atom. The van der Waals surface area contributed by atoms with Crippen LogP contribution in [0.3, 0.4) is 0 Å². The van der Waals surface area contributed by atoms with Gasteiger partial charge in [0.2, 0.25) is 0 Å². The molecule has 3 aromatic heterocycles. The molecule has 1 aromatic carbocycles. The largest absolute Gasteiger partial charge is 0.465 e. The number of aryl methyl sites for hydroxylation is 1. The number of anilines is 1. The van der Waals surface area contributed by atoms with Gasteiger partial charge in [0.15, 0.2) is 0 Å². The number of nitrogens with zero attached hydrogens (tertiary/aromatic N) is 4. The molecule has 0 saturated carbocycles. The summed E-state index contributed by atoms with van der Waals surface area (Å²) in [5, 5.41) is 9.07. The number of methoxy groups -OCH3 is 1. The molecular weight excluding hydrogens is 378 g/mol. The van der Waals surface area contributed by atoms with Crippen LogP contribution in [-0.4, -0.2) is 38.6 Å². The molecule has 0 aliphatic rings. The number of ether oxygens (including phenoxy) is 1. The lowest BCUT2D eigenvalue weighted by molar-refractivity contribution is 0.0603. The van der Waals surface area contributed by atoms with E-state index in [4.69, 9.17) is 4.74 Å². The number of esters is 1. The maximum absolute atomic E-state index is 12.9. The number of aromatic nitrogens is 4. The Labute approximate surface area is 163 Å². The highest BCUT2D eigenvalue weighted by molar-refractivity contribution is 7.15. The Kier molecular flexibility index (Phi) is 4.58. The highest BCUT2D eigenvalue weighted by Gasteiger charge is 2.23. The molecule has 0 aliphatic carbocycles. The highest BCUT2D eigenvalue weighted by atomic mass is 32.1. The summed E-state index contributed by atoms with van der Waals surface area (Å²) in [6, 6.07) is 11.1. The first-order valence-electron chi connectivity index (χ1n) is 8.32. The zero-order chi connectivity index (χ0) is 19.7. The summed E-state index contributed by atoms with van der Waals surface area (Å²) >= 11 is 1.26. The molecule has 9 heteroatoms. The molecule has 0 atom stereocenters. The molecule has 4 aromatic rings. The highest BCUT2D eigenvalue weighted by Crippen LogP contribution is 2.36. The van der Waals surface area contributed by atoms with Gasteiger partial charge < -0.3 is 10.1 Å². The maximum atomic E-state index is 12.9. The third-order valence-electron chi connectivity index (χ3n) is 4.10. The van der Waals surface area contributed by atoms with E-state index in [0.29, 0.717) is 27.6 Å². The fourth-order valence-corrected chi connectivity index (χ4v) is 3.80. The van der Waals surface area contributed by atoms with E-state index in [1.54, 1.807) is 13.0 Å². The van der Waals surface area contributed by atoms with E-state index in [0.717, 1.165) is 5.56 Å². The first-order chi connectivity index (χ1) is 13.6. The standard InChI is InChI=1S/C19H15N5O3S/c1-11-8-14(24-19(22-11)20-10-21-24)16(25)23-17-15(18(26)27-2)13(9-28-17)12-6-4-3-5-7-12/h3-10H,1-2H3,(H,23,25). The summed E-state index contributed by atoms with van der Waals surface area (Å²) in [5.74, 6) is -0.616. The van der Waals surface area contributed by atoms with Crippen LogP contribution in [0, 0.1) is 6.92 Å². The average Bonchev–Trinajstić information content (AvgIpc) is 3.34. The van der Waals surface area contributed by atoms with Crippen LogP contribution in [0.5, 0.6) is 0 Å². The molecule has 0 aliphatic heterocycles. The van der Waals surface area contributed by atoms with Gasteiger partial charge in [-0.1, -0.05) is 30.3 Å². The number of fused-ring (bicyclic) bond motifs is 1. The summed E-state index contributed by atoms with van der Waals surface area (Å²) < 4.78 is 6.29. The van der Waals surface area contributed by atoms with Crippen molar-refractivity contribution in [2.75, 3.05) is 12.4 Å². The van der Waals surface area contributed by atoms with Crippen molar-refractivity contribution in [1.29, 1.82) is 0 Å². The number of thiophene rings is 1. The molecule has 28 heavy (non-hydrogen) atoms. The van der Waals surface area contributed by atoms with Gasteiger partial charge in [0.1, 0.15) is 22.6 Å². The third kappa shape index (κ3) is 3.12. The monoisotopic (exact) mass is 393 g/mol. The predicted octanol–water partition coefficient (Wildman–Crippen LogP) is 3.20. The predicted molar refractivity (Wildman–Crippen MR) is 105 cm³/mol. The molecular formula is C19H15N5O3S. The molecule has 0 radical (unpaired) electrons. The average molecular weight is 393 g/mol. The number of nitrogens with one attached hydrogen (secondary N) is 1. The minimum Gasteiger partial charge on any atom is -0.465 e. The van der Waals surface area contributed by atoms with E-state index < -0.39 is 11.9 Å². The number of amides is 1. The Hall–Kier alpha value is -3.59. The number of hydrogen-bond acceptors (Lipinski definition) is 7. The summed E-state index contributed by atoms with van der Waals surface area (Å²) in [6.07, 6.45) is 1.33. The number of carbonyl (C=O) groups excluding carboxylic acids is 2. The first kappa shape index (κ1) is 17.8. The van der Waals surface area contributed by atoms with Crippen molar-refractivity contribution in [3.8, 4) is 11.1 Å². The smallest absolute Gasteiger partial charge is 0.341 e. The third-order valence-corrected chi connectivity index (χ3v) is 5.00. The van der Waals surface area contributed by atoms with E-state index in [2.05, 4.69) is 20.4 Å². The Bertz CT molecular complexity index is 1180. The summed E-state index contributed by atoms with van der Waals surface area (Å²) in [6.45, 7) is 1.77. The first-order valence-corrected chi connectivity index (χ1v) is 9.20. The Balaban J connectivity index is 1.75. The molecule has 3 heterocycles. The second kappa shape index (κ2) is 7.20. The van der Waals surface area contributed by atoms with Gasteiger partial charge in [-0.15, -0.1) is 11.3 Å². The van der Waals surface area contributed by atoms with Crippen molar-refractivity contribution in [2.24, 2.45) is 0 Å². The quantitative estimate of drug-likeness (QED) is 0.535. The zero-order valence-electron chi connectivity index (χ0n) is 15.0. The van der Waals surface area contributed by atoms with Gasteiger partial charge in [0.05, 0.1) is 7.11 Å². The van der Waals surface area contributed by atoms with Crippen molar-refractivity contribution < 1.29 is 14.3 Å². The molecule has 4 rings (SSSR count). The van der Waals surface area contributed by atoms with Crippen LogP contribution in [0.15, 0.2) is 48.1 Å². The van der Waals surface area contributed by atoms with Crippen molar-refractivity contribution >= 4 is 34.0 Å². The lowest BCUT2D eigenvalue weighted by Crippen LogP contribution is -2.18. The Morgan fingerprint density at radius 3 is 2.75 bits per heavy atom. The summed E-state index contributed by atoms with van der Waals surface area (Å²) in [4.78, 5) is 33.6. The van der Waals surface area contributed by atoms with Gasteiger partial charge in [0.25, 0.3) is 11.7 Å². The topological polar surface area (TPSA) is 98.5 Å². The molecule has 0 bridgehead atoms. The van der Waals surface area contributed by atoms with Crippen molar-refractivity contribution in [1.82, 2.24) is 19.6 Å². The number of benzene rings is 1. The molecule has 0 fully saturated rings. The van der Waals surface area contributed by atoms with Crippen molar-refractivity contribution in [2.45, 2.75) is 6.92 Å².